The number of amides is 2. The molecule has 0 aliphatic heterocycles. The van der Waals surface area contributed by atoms with Crippen molar-refractivity contribution in [2.75, 3.05) is 19.4 Å². The summed E-state index contributed by atoms with van der Waals surface area (Å²) in [6.07, 6.45) is 0.0957. The number of carbonyl (C=O) groups is 3. The molecule has 0 spiro atoms. The summed E-state index contributed by atoms with van der Waals surface area (Å²) >= 11 is 12.0. The number of nitrogens with zero attached hydrogens (tertiary/aromatic N) is 1. The molecule has 2 amide bonds. The molecule has 0 saturated carbocycles. The molecule has 0 radical (unpaired) electrons. The van der Waals surface area contributed by atoms with Crippen molar-refractivity contribution in [3.8, 4) is 0 Å². The van der Waals surface area contributed by atoms with E-state index in [1.165, 1.54) is 11.0 Å². The predicted octanol–water partition coefficient (Wildman–Crippen LogP) is 4.30. The molecule has 2 aromatic carbocycles. The third-order valence-corrected chi connectivity index (χ3v) is 4.16. The smallest absolute Gasteiger partial charge is 0.254 e. The van der Waals surface area contributed by atoms with Gasteiger partial charge >= 0.3 is 0 Å². The minimum absolute atomic E-state index is 0.0291. The second-order valence-electron chi connectivity index (χ2n) is 5.88. The molecule has 1 N–H and O–H groups in total. The fraction of sp³-hybridized carbons (Fsp3) is 0.211. The first-order chi connectivity index (χ1) is 12.3. The number of rotatable bonds is 6. The lowest BCUT2D eigenvalue weighted by atomic mass is 10.1. The van der Waals surface area contributed by atoms with Crippen LogP contribution in [0.1, 0.15) is 33.6 Å². The summed E-state index contributed by atoms with van der Waals surface area (Å²) in [6, 6.07) is 11.3. The number of halogens is 2. The van der Waals surface area contributed by atoms with Crippen LogP contribution in [0.5, 0.6) is 0 Å². The van der Waals surface area contributed by atoms with E-state index in [1.54, 1.807) is 50.5 Å². The predicted molar refractivity (Wildman–Crippen MR) is 103 cm³/mol. The highest BCUT2D eigenvalue weighted by molar-refractivity contribution is 6.34. The number of hydrogen-bond acceptors (Lipinski definition) is 3. The second kappa shape index (κ2) is 8.83. The minimum atomic E-state index is -0.317. The Hall–Kier alpha value is -2.37. The molecule has 0 saturated heterocycles. The molecule has 0 atom stereocenters. The van der Waals surface area contributed by atoms with Crippen LogP contribution in [0.4, 0.5) is 5.69 Å². The Kier molecular flexibility index (Phi) is 6.77. The fourth-order valence-corrected chi connectivity index (χ4v) is 2.72. The molecule has 0 heterocycles. The maximum absolute atomic E-state index is 12.1. The summed E-state index contributed by atoms with van der Waals surface area (Å²) in [5.74, 6) is -0.698. The van der Waals surface area contributed by atoms with Gasteiger partial charge in [0.05, 0.1) is 10.6 Å². The molecular weight excluding hydrogens is 375 g/mol. The monoisotopic (exact) mass is 392 g/mol. The van der Waals surface area contributed by atoms with Crippen LogP contribution in [0.15, 0.2) is 42.5 Å². The summed E-state index contributed by atoms with van der Waals surface area (Å²) in [4.78, 5) is 37.5. The van der Waals surface area contributed by atoms with E-state index in [4.69, 9.17) is 23.2 Å². The van der Waals surface area contributed by atoms with E-state index < -0.39 is 0 Å². The molecule has 5 nitrogen and oxygen atoms in total. The van der Waals surface area contributed by atoms with Crippen molar-refractivity contribution >= 4 is 46.5 Å². The lowest BCUT2D eigenvalue weighted by Crippen LogP contribution is -2.22. The van der Waals surface area contributed by atoms with Crippen molar-refractivity contribution in [3.05, 3.63) is 63.6 Å². The summed E-state index contributed by atoms with van der Waals surface area (Å²) in [7, 11) is 3.26. The molecule has 2 aromatic rings. The highest BCUT2D eigenvalue weighted by atomic mass is 35.5. The summed E-state index contributed by atoms with van der Waals surface area (Å²) < 4.78 is 0. The lowest BCUT2D eigenvalue weighted by Gasteiger charge is -2.12. The standard InChI is InChI=1S/C19H18Cl2N2O3/c1-23(2)19(26)15-7-6-14(11-16(15)21)22-18(25)9-8-17(24)12-4-3-5-13(20)10-12/h3-7,10-11H,8-9H2,1-2H3,(H,22,25). The number of hydrogen-bond donors (Lipinski definition) is 1. The first-order valence-electron chi connectivity index (χ1n) is 7.87. The molecule has 0 fully saturated rings. The Balaban J connectivity index is 1.94. The molecule has 2 rings (SSSR count). The van der Waals surface area contributed by atoms with Gasteiger partial charge in [-0.25, -0.2) is 0 Å². The SMILES string of the molecule is CN(C)C(=O)c1ccc(NC(=O)CCC(=O)c2cccc(Cl)c2)cc1Cl. The van der Waals surface area contributed by atoms with E-state index in [-0.39, 0.29) is 35.5 Å². The second-order valence-corrected chi connectivity index (χ2v) is 6.72. The van der Waals surface area contributed by atoms with E-state index >= 15 is 0 Å². The van der Waals surface area contributed by atoms with Crippen molar-refractivity contribution < 1.29 is 14.4 Å². The zero-order valence-corrected chi connectivity index (χ0v) is 15.9. The van der Waals surface area contributed by atoms with Gasteiger partial charge in [0.2, 0.25) is 5.91 Å². The van der Waals surface area contributed by atoms with Crippen molar-refractivity contribution in [1.29, 1.82) is 0 Å². The zero-order chi connectivity index (χ0) is 19.3. The van der Waals surface area contributed by atoms with E-state index in [0.29, 0.717) is 21.8 Å². The van der Waals surface area contributed by atoms with Crippen LogP contribution < -0.4 is 5.32 Å². The van der Waals surface area contributed by atoms with Crippen LogP contribution in [0.2, 0.25) is 10.0 Å². The normalized spacial score (nSPS) is 10.3. The van der Waals surface area contributed by atoms with Crippen LogP contribution in [-0.2, 0) is 4.79 Å². The average Bonchev–Trinajstić information content (AvgIpc) is 2.59. The van der Waals surface area contributed by atoms with Crippen LogP contribution in [0.25, 0.3) is 0 Å². The third-order valence-electron chi connectivity index (χ3n) is 3.62. The van der Waals surface area contributed by atoms with Crippen molar-refractivity contribution in [2.45, 2.75) is 12.8 Å². The van der Waals surface area contributed by atoms with Crippen LogP contribution in [0, 0.1) is 0 Å². The highest BCUT2D eigenvalue weighted by Crippen LogP contribution is 2.22. The Morgan fingerprint density at radius 2 is 1.73 bits per heavy atom. The van der Waals surface area contributed by atoms with Gasteiger partial charge in [0.15, 0.2) is 5.78 Å². The zero-order valence-electron chi connectivity index (χ0n) is 14.4. The van der Waals surface area contributed by atoms with Gasteiger partial charge in [-0.3, -0.25) is 14.4 Å². The van der Waals surface area contributed by atoms with Crippen LogP contribution in [0.3, 0.4) is 0 Å². The number of nitrogens with one attached hydrogen (secondary N) is 1. The molecule has 0 bridgehead atoms. The molecule has 136 valence electrons. The number of Topliss-reactive ketones (excluding diaryl/α,β-unsaturated/α-hetero) is 1. The van der Waals surface area contributed by atoms with Crippen molar-refractivity contribution in [1.82, 2.24) is 4.90 Å². The number of ketones is 1. The Morgan fingerprint density at radius 1 is 1.00 bits per heavy atom. The fourth-order valence-electron chi connectivity index (χ4n) is 2.26. The summed E-state index contributed by atoms with van der Waals surface area (Å²) in [6.45, 7) is 0. The van der Waals surface area contributed by atoms with Crippen LogP contribution in [-0.4, -0.2) is 36.6 Å². The van der Waals surface area contributed by atoms with Gasteiger partial charge in [-0.1, -0.05) is 35.3 Å². The highest BCUT2D eigenvalue weighted by Gasteiger charge is 2.14. The van der Waals surface area contributed by atoms with Gasteiger partial charge < -0.3 is 10.2 Å². The molecule has 0 aliphatic rings. The molecule has 0 aliphatic carbocycles. The average molecular weight is 393 g/mol. The van der Waals surface area contributed by atoms with Crippen molar-refractivity contribution in [3.63, 3.8) is 0 Å². The number of anilines is 1. The Bertz CT molecular complexity index is 850. The van der Waals surface area contributed by atoms with Gasteiger partial charge in [0.25, 0.3) is 5.91 Å². The minimum Gasteiger partial charge on any atom is -0.345 e. The van der Waals surface area contributed by atoms with Crippen molar-refractivity contribution in [2.24, 2.45) is 0 Å². The molecule has 26 heavy (non-hydrogen) atoms. The van der Waals surface area contributed by atoms with E-state index in [9.17, 15) is 14.4 Å². The van der Waals surface area contributed by atoms with Gasteiger partial charge in [-0.05, 0) is 30.3 Å². The third kappa shape index (κ3) is 5.31. The maximum atomic E-state index is 12.1. The molecule has 0 unspecified atom stereocenters. The number of benzene rings is 2. The Morgan fingerprint density at radius 3 is 2.35 bits per heavy atom. The van der Waals surface area contributed by atoms with Gasteiger partial charge in [0, 0.05) is 43.2 Å². The van der Waals surface area contributed by atoms with Gasteiger partial charge in [0.1, 0.15) is 0 Å². The maximum Gasteiger partial charge on any atom is 0.254 e. The quantitative estimate of drug-likeness (QED) is 0.745. The molecular formula is C19H18Cl2N2O3. The number of carbonyl (C=O) groups excluding carboxylic acids is 3. The van der Waals surface area contributed by atoms with Gasteiger partial charge in [-0.15, -0.1) is 0 Å². The van der Waals surface area contributed by atoms with Crippen LogP contribution >= 0.6 is 23.2 Å². The molecule has 7 heteroatoms. The van der Waals surface area contributed by atoms with E-state index in [0.717, 1.165) is 0 Å². The summed E-state index contributed by atoms with van der Waals surface area (Å²) in [5, 5.41) is 3.39. The largest absolute Gasteiger partial charge is 0.345 e. The first-order valence-corrected chi connectivity index (χ1v) is 8.63. The molecule has 0 aromatic heterocycles. The van der Waals surface area contributed by atoms with E-state index in [2.05, 4.69) is 5.32 Å². The summed E-state index contributed by atoms with van der Waals surface area (Å²) in [5.41, 5.74) is 1.29. The Labute approximate surface area is 161 Å². The first kappa shape index (κ1) is 19.9. The van der Waals surface area contributed by atoms with Gasteiger partial charge in [-0.2, -0.15) is 0 Å². The lowest BCUT2D eigenvalue weighted by molar-refractivity contribution is -0.116. The van der Waals surface area contributed by atoms with E-state index in [1.807, 2.05) is 0 Å². The topological polar surface area (TPSA) is 66.5 Å².